The summed E-state index contributed by atoms with van der Waals surface area (Å²) >= 11 is 0. The molecule has 2 aromatic rings. The molecule has 4 nitrogen and oxygen atoms in total. The second-order valence-corrected chi connectivity index (χ2v) is 5.86. The second kappa shape index (κ2) is 7.45. The molecule has 10 heteroatoms. The average Bonchev–Trinajstić information content (AvgIpc) is 2.53. The third-order valence-electron chi connectivity index (χ3n) is 3.66. The number of amides is 1. The fourth-order valence-corrected chi connectivity index (χ4v) is 2.36. The number of aryl methyl sites for hydroxylation is 1. The fourth-order valence-electron chi connectivity index (χ4n) is 2.36. The minimum absolute atomic E-state index is 0.273. The third kappa shape index (κ3) is 4.69. The lowest BCUT2D eigenvalue weighted by atomic mass is 10.1. The summed E-state index contributed by atoms with van der Waals surface area (Å²) in [6.07, 6.45) is -11.2. The molecule has 0 radical (unpaired) electrons. The molecule has 1 amide bonds. The van der Waals surface area contributed by atoms with Gasteiger partial charge in [0, 0.05) is 6.07 Å². The first kappa shape index (κ1) is 20.5. The van der Waals surface area contributed by atoms with Crippen LogP contribution in [0.4, 0.5) is 32.2 Å². The van der Waals surface area contributed by atoms with Crippen LogP contribution >= 0.6 is 0 Å². The summed E-state index contributed by atoms with van der Waals surface area (Å²) < 4.78 is 81.3. The van der Waals surface area contributed by atoms with Crippen LogP contribution in [0.2, 0.25) is 0 Å². The minimum Gasteiger partial charge on any atom is -0.300 e. The molecule has 0 atom stereocenters. The summed E-state index contributed by atoms with van der Waals surface area (Å²) in [4.78, 5) is 14.3. The van der Waals surface area contributed by atoms with Crippen LogP contribution in [-0.2, 0) is 11.2 Å². The molecule has 0 bridgehead atoms. The lowest BCUT2D eigenvalue weighted by Crippen LogP contribution is -2.72. The molecule has 27 heavy (non-hydrogen) atoms. The Morgan fingerprint density at radius 1 is 1.00 bits per heavy atom. The van der Waals surface area contributed by atoms with E-state index in [-0.39, 0.29) is 5.56 Å². The molecule has 0 fully saturated rings. The van der Waals surface area contributed by atoms with Gasteiger partial charge in [0.05, 0.1) is 12.6 Å². The van der Waals surface area contributed by atoms with E-state index >= 15 is 0 Å². The van der Waals surface area contributed by atoms with Crippen molar-refractivity contribution in [1.29, 1.82) is 0 Å². The number of H-pyrrole nitrogens is 1. The molecule has 1 aromatic heterocycles. The highest BCUT2D eigenvalue weighted by atomic mass is 19.4. The van der Waals surface area contributed by atoms with E-state index in [2.05, 4.69) is 4.98 Å². The first-order valence-corrected chi connectivity index (χ1v) is 7.69. The van der Waals surface area contributed by atoms with Crippen molar-refractivity contribution >= 4 is 11.7 Å². The summed E-state index contributed by atoms with van der Waals surface area (Å²) in [6, 6.07) is 10.0. The second-order valence-electron chi connectivity index (χ2n) is 5.86. The van der Waals surface area contributed by atoms with Gasteiger partial charge in [-0.05, 0) is 24.1 Å². The number of rotatable bonds is 5. The number of carbonyl (C=O) groups excluding carboxylic acids is 1. The Morgan fingerprint density at radius 2 is 1.59 bits per heavy atom. The van der Waals surface area contributed by atoms with Gasteiger partial charge in [-0.3, -0.25) is 10.1 Å². The van der Waals surface area contributed by atoms with E-state index in [1.54, 1.807) is 6.07 Å². The third-order valence-corrected chi connectivity index (χ3v) is 3.66. The van der Waals surface area contributed by atoms with Gasteiger partial charge < -0.3 is 0 Å². The molecule has 0 saturated heterocycles. The van der Waals surface area contributed by atoms with E-state index < -0.39 is 36.2 Å². The molecular formula is C17H16F6N3O+. The Kier molecular flexibility index (Phi) is 5.67. The number of benzene rings is 1. The Hall–Kier alpha value is -2.78. The van der Waals surface area contributed by atoms with Crippen LogP contribution in [0.15, 0.2) is 48.7 Å². The van der Waals surface area contributed by atoms with Crippen molar-refractivity contribution in [3.63, 3.8) is 0 Å². The SMILES string of the molecule is Cc1cc[nH+]c(NC(NC(=O)Cc2ccccc2)(C(F)(F)F)C(F)(F)F)c1. The Morgan fingerprint density at radius 3 is 2.11 bits per heavy atom. The molecular weight excluding hydrogens is 376 g/mol. The van der Waals surface area contributed by atoms with Crippen molar-refractivity contribution < 1.29 is 36.1 Å². The Bertz CT molecular complexity index is 775. The van der Waals surface area contributed by atoms with Gasteiger partial charge in [0.1, 0.15) is 0 Å². The van der Waals surface area contributed by atoms with Crippen LogP contribution in [0.3, 0.4) is 0 Å². The first-order chi connectivity index (χ1) is 12.4. The van der Waals surface area contributed by atoms with Crippen LogP contribution in [0.25, 0.3) is 0 Å². The number of alkyl halides is 6. The number of pyridine rings is 1. The quantitative estimate of drug-likeness (QED) is 0.605. The normalized spacial score (nSPS) is 12.6. The number of aromatic amines is 1. The summed E-state index contributed by atoms with van der Waals surface area (Å²) in [5.41, 5.74) is -3.96. The molecule has 1 aromatic carbocycles. The van der Waals surface area contributed by atoms with E-state index in [1.807, 2.05) is 0 Å². The number of anilines is 1. The van der Waals surface area contributed by atoms with Crippen molar-refractivity contribution in [3.05, 3.63) is 59.8 Å². The molecule has 146 valence electrons. The minimum atomic E-state index is -5.87. The summed E-state index contributed by atoms with van der Waals surface area (Å²) in [5, 5.41) is 2.50. The van der Waals surface area contributed by atoms with Crippen molar-refractivity contribution in [3.8, 4) is 0 Å². The number of hydrogen-bond acceptors (Lipinski definition) is 2. The maximum atomic E-state index is 13.5. The molecule has 0 aliphatic rings. The van der Waals surface area contributed by atoms with E-state index in [9.17, 15) is 31.1 Å². The maximum Gasteiger partial charge on any atom is 0.462 e. The predicted octanol–water partition coefficient (Wildman–Crippen LogP) is 3.40. The highest BCUT2D eigenvalue weighted by Gasteiger charge is 2.76. The van der Waals surface area contributed by atoms with Gasteiger partial charge in [-0.2, -0.15) is 26.3 Å². The standard InChI is InChI=1S/C17H15F6N3O/c1-11-7-8-24-13(9-11)25-15(16(18,19)20,17(21,22)23)26-14(27)10-12-5-3-2-4-6-12/h2-9H,10H2,1H3,(H,24,25)(H,26,27)/p+1. The van der Waals surface area contributed by atoms with Gasteiger partial charge in [0.2, 0.25) is 5.91 Å². The van der Waals surface area contributed by atoms with Crippen molar-refractivity contribution in [2.75, 3.05) is 5.32 Å². The molecule has 0 unspecified atom stereocenters. The van der Waals surface area contributed by atoms with Gasteiger partial charge in [-0.25, -0.2) is 10.3 Å². The number of hydrogen-bond donors (Lipinski definition) is 2. The van der Waals surface area contributed by atoms with Gasteiger partial charge in [-0.1, -0.05) is 30.3 Å². The number of halogens is 6. The predicted molar refractivity (Wildman–Crippen MR) is 84.5 cm³/mol. The number of aromatic nitrogens is 1. The summed E-state index contributed by atoms with van der Waals surface area (Å²) in [6.45, 7) is 1.50. The highest BCUT2D eigenvalue weighted by Crippen LogP contribution is 2.43. The molecule has 0 spiro atoms. The fraction of sp³-hybridized carbons (Fsp3) is 0.294. The van der Waals surface area contributed by atoms with Crippen molar-refractivity contribution in [2.45, 2.75) is 31.4 Å². The Labute approximate surface area is 150 Å². The maximum absolute atomic E-state index is 13.5. The average molecular weight is 392 g/mol. The van der Waals surface area contributed by atoms with Gasteiger partial charge in [0.15, 0.2) is 0 Å². The van der Waals surface area contributed by atoms with Crippen molar-refractivity contribution in [2.24, 2.45) is 0 Å². The zero-order chi connectivity index (χ0) is 20.3. The molecule has 2 rings (SSSR count). The smallest absolute Gasteiger partial charge is 0.300 e. The lowest BCUT2D eigenvalue weighted by molar-refractivity contribution is -0.367. The van der Waals surface area contributed by atoms with Crippen LogP contribution in [0.1, 0.15) is 11.1 Å². The van der Waals surface area contributed by atoms with Crippen LogP contribution in [0, 0.1) is 6.92 Å². The van der Waals surface area contributed by atoms with Crippen molar-refractivity contribution in [1.82, 2.24) is 5.32 Å². The molecule has 3 N–H and O–H groups in total. The Balaban J connectivity index is 2.40. The number of nitrogens with one attached hydrogen (secondary N) is 3. The van der Waals surface area contributed by atoms with Crippen LogP contribution in [0.5, 0.6) is 0 Å². The van der Waals surface area contributed by atoms with Crippen LogP contribution in [-0.4, -0.2) is 23.9 Å². The summed E-state index contributed by atoms with van der Waals surface area (Å²) in [7, 11) is 0. The molecule has 0 aliphatic carbocycles. The topological polar surface area (TPSA) is 55.3 Å². The van der Waals surface area contributed by atoms with Gasteiger partial charge in [0.25, 0.3) is 5.82 Å². The van der Waals surface area contributed by atoms with E-state index in [4.69, 9.17) is 0 Å². The van der Waals surface area contributed by atoms with Gasteiger partial charge in [-0.15, -0.1) is 0 Å². The largest absolute Gasteiger partial charge is 0.462 e. The summed E-state index contributed by atoms with van der Waals surface area (Å²) in [5.74, 6) is -1.99. The van der Waals surface area contributed by atoms with E-state index in [0.717, 1.165) is 11.4 Å². The highest BCUT2D eigenvalue weighted by molar-refractivity contribution is 5.80. The zero-order valence-electron chi connectivity index (χ0n) is 14.0. The number of carbonyl (C=O) groups is 1. The van der Waals surface area contributed by atoms with E-state index in [0.29, 0.717) is 5.56 Å². The zero-order valence-corrected chi connectivity index (χ0v) is 14.0. The molecule has 0 saturated carbocycles. The molecule has 1 heterocycles. The van der Waals surface area contributed by atoms with Gasteiger partial charge >= 0.3 is 18.0 Å². The lowest BCUT2D eigenvalue weighted by Gasteiger charge is -2.34. The monoisotopic (exact) mass is 392 g/mol. The van der Waals surface area contributed by atoms with E-state index in [1.165, 1.54) is 48.8 Å². The first-order valence-electron chi connectivity index (χ1n) is 7.69. The molecule has 0 aliphatic heterocycles. The van der Waals surface area contributed by atoms with Crippen LogP contribution < -0.4 is 15.6 Å².